The molecule has 2 aliphatic rings. The van der Waals surface area contributed by atoms with Gasteiger partial charge in [0.1, 0.15) is 11.7 Å². The van der Waals surface area contributed by atoms with Crippen LogP contribution < -0.4 is 0 Å². The van der Waals surface area contributed by atoms with Crippen LogP contribution in [-0.4, -0.2) is 65.8 Å². The van der Waals surface area contributed by atoms with Gasteiger partial charge in [-0.25, -0.2) is 4.79 Å². The summed E-state index contributed by atoms with van der Waals surface area (Å²) in [6.45, 7) is 12.2. The molecule has 2 fully saturated rings. The van der Waals surface area contributed by atoms with Crippen molar-refractivity contribution in [2.45, 2.75) is 65.3 Å². The van der Waals surface area contributed by atoms with E-state index in [9.17, 15) is 9.59 Å². The molecule has 24 heavy (non-hydrogen) atoms. The molecule has 0 radical (unpaired) electrons. The zero-order valence-corrected chi connectivity index (χ0v) is 16.5. The second-order valence-corrected chi connectivity index (χ2v) is 7.50. The van der Waals surface area contributed by atoms with Crippen molar-refractivity contribution < 1.29 is 19.1 Å². The largest absolute Gasteiger partial charge is 0.444 e. The molecule has 0 aromatic carbocycles. The number of nitrogens with zero attached hydrogens (tertiary/aromatic N) is 2. The van der Waals surface area contributed by atoms with E-state index < -0.39 is 5.60 Å². The van der Waals surface area contributed by atoms with Gasteiger partial charge in [0.2, 0.25) is 0 Å². The SMILES string of the molecule is CCN1CC(C2CCN(C(=O)OC(C)(C)C)CC2)O[C@@H](C)C1=O.S. The van der Waals surface area contributed by atoms with Gasteiger partial charge in [0.25, 0.3) is 5.91 Å². The summed E-state index contributed by atoms with van der Waals surface area (Å²) in [6.07, 6.45) is 1.25. The topological polar surface area (TPSA) is 59.1 Å². The second kappa shape index (κ2) is 8.43. The van der Waals surface area contributed by atoms with Gasteiger partial charge in [0, 0.05) is 26.2 Å². The van der Waals surface area contributed by atoms with E-state index in [-0.39, 0.29) is 37.7 Å². The van der Waals surface area contributed by atoms with E-state index in [4.69, 9.17) is 9.47 Å². The highest BCUT2D eigenvalue weighted by Crippen LogP contribution is 2.28. The van der Waals surface area contributed by atoms with Gasteiger partial charge >= 0.3 is 6.09 Å². The minimum atomic E-state index is -0.460. The van der Waals surface area contributed by atoms with Crippen molar-refractivity contribution in [2.75, 3.05) is 26.2 Å². The molecule has 0 aliphatic carbocycles. The number of carbonyl (C=O) groups excluding carboxylic acids is 2. The normalized spacial score (nSPS) is 26.1. The van der Waals surface area contributed by atoms with Crippen molar-refractivity contribution in [1.82, 2.24) is 9.80 Å². The van der Waals surface area contributed by atoms with Crippen molar-refractivity contribution in [2.24, 2.45) is 5.92 Å². The fourth-order valence-electron chi connectivity index (χ4n) is 3.25. The summed E-state index contributed by atoms with van der Waals surface area (Å²) < 4.78 is 11.3. The lowest BCUT2D eigenvalue weighted by Crippen LogP contribution is -2.54. The van der Waals surface area contributed by atoms with Crippen molar-refractivity contribution in [3.63, 3.8) is 0 Å². The van der Waals surface area contributed by atoms with Gasteiger partial charge in [0.15, 0.2) is 0 Å². The maximum Gasteiger partial charge on any atom is 0.410 e. The Balaban J connectivity index is 0.00000288. The number of ether oxygens (including phenoxy) is 2. The number of amides is 2. The second-order valence-electron chi connectivity index (χ2n) is 7.50. The van der Waals surface area contributed by atoms with Crippen LogP contribution in [0.5, 0.6) is 0 Å². The van der Waals surface area contributed by atoms with Gasteiger partial charge in [0.05, 0.1) is 6.10 Å². The quantitative estimate of drug-likeness (QED) is 0.759. The Hall–Kier alpha value is -0.950. The molecule has 2 rings (SSSR count). The van der Waals surface area contributed by atoms with Crippen molar-refractivity contribution in [1.29, 1.82) is 0 Å². The average Bonchev–Trinajstić information content (AvgIpc) is 2.48. The first-order chi connectivity index (χ1) is 10.7. The molecule has 0 N–H and O–H groups in total. The highest BCUT2D eigenvalue weighted by atomic mass is 32.1. The minimum absolute atomic E-state index is 0. The van der Waals surface area contributed by atoms with Gasteiger partial charge in [-0.3, -0.25) is 4.79 Å². The molecule has 6 nitrogen and oxygen atoms in total. The van der Waals surface area contributed by atoms with E-state index >= 15 is 0 Å². The molecular formula is C17H32N2O4S. The van der Waals surface area contributed by atoms with Crippen LogP contribution in [0.3, 0.4) is 0 Å². The van der Waals surface area contributed by atoms with E-state index in [0.717, 1.165) is 19.4 Å². The van der Waals surface area contributed by atoms with Gasteiger partial charge in [-0.15, -0.1) is 0 Å². The highest BCUT2D eigenvalue weighted by molar-refractivity contribution is 7.59. The van der Waals surface area contributed by atoms with E-state index in [1.807, 2.05) is 39.5 Å². The molecular weight excluding hydrogens is 328 g/mol. The number of rotatable bonds is 2. The molecule has 2 atom stereocenters. The standard InChI is InChI=1S/C17H30N2O4.H2S/c1-6-18-11-14(22-12(2)15(18)20)13-7-9-19(10-8-13)16(21)23-17(3,4)5;/h12-14H,6-11H2,1-5H3;1H2/t12-,14?;/m0./s1. The van der Waals surface area contributed by atoms with Crippen LogP contribution >= 0.6 is 13.5 Å². The molecule has 0 spiro atoms. The number of morpholine rings is 1. The van der Waals surface area contributed by atoms with Crippen LogP contribution in [-0.2, 0) is 14.3 Å². The summed E-state index contributed by atoms with van der Waals surface area (Å²) in [6, 6.07) is 0. The van der Waals surface area contributed by atoms with Gasteiger partial charge in [-0.05, 0) is 53.4 Å². The van der Waals surface area contributed by atoms with Crippen molar-refractivity contribution in [3.8, 4) is 0 Å². The number of piperidine rings is 1. The average molecular weight is 361 g/mol. The Morgan fingerprint density at radius 2 is 1.88 bits per heavy atom. The highest BCUT2D eigenvalue weighted by Gasteiger charge is 2.37. The third-order valence-electron chi connectivity index (χ3n) is 4.54. The van der Waals surface area contributed by atoms with Crippen LogP contribution in [0.1, 0.15) is 47.5 Å². The lowest BCUT2D eigenvalue weighted by Gasteiger charge is -2.42. The molecule has 0 aromatic heterocycles. The van der Waals surface area contributed by atoms with Crippen LogP contribution in [0.2, 0.25) is 0 Å². The third kappa shape index (κ3) is 5.28. The summed E-state index contributed by atoms with van der Waals surface area (Å²) in [5, 5.41) is 0. The molecule has 2 saturated heterocycles. The van der Waals surface area contributed by atoms with Gasteiger partial charge in [-0.1, -0.05) is 0 Å². The van der Waals surface area contributed by atoms with E-state index in [0.29, 0.717) is 25.6 Å². The fourth-order valence-corrected chi connectivity index (χ4v) is 3.25. The van der Waals surface area contributed by atoms with Crippen LogP contribution in [0, 0.1) is 5.92 Å². The zero-order chi connectivity index (χ0) is 17.2. The number of likely N-dealkylation sites (tertiary alicyclic amines) is 1. The third-order valence-corrected chi connectivity index (χ3v) is 4.54. The van der Waals surface area contributed by atoms with Gasteiger partial charge < -0.3 is 19.3 Å². The fraction of sp³-hybridized carbons (Fsp3) is 0.882. The maximum absolute atomic E-state index is 12.1. The summed E-state index contributed by atoms with van der Waals surface area (Å²) in [7, 11) is 0. The lowest BCUT2D eigenvalue weighted by atomic mass is 9.90. The predicted octanol–water partition coefficient (Wildman–Crippen LogP) is 2.38. The lowest BCUT2D eigenvalue weighted by molar-refractivity contribution is -0.165. The molecule has 2 heterocycles. The number of hydrogen-bond acceptors (Lipinski definition) is 4. The molecule has 0 saturated carbocycles. The van der Waals surface area contributed by atoms with Crippen LogP contribution in [0.15, 0.2) is 0 Å². The molecule has 1 unspecified atom stereocenters. The Labute approximate surface area is 152 Å². The summed E-state index contributed by atoms with van der Waals surface area (Å²) in [4.78, 5) is 27.7. The first-order valence-corrected chi connectivity index (χ1v) is 8.63. The van der Waals surface area contributed by atoms with E-state index in [1.54, 1.807) is 4.90 Å². The maximum atomic E-state index is 12.1. The number of likely N-dealkylation sites (N-methyl/N-ethyl adjacent to an activating group) is 1. The summed E-state index contributed by atoms with van der Waals surface area (Å²) in [5.41, 5.74) is -0.460. The Kier molecular flexibility index (Phi) is 7.41. The molecule has 0 aromatic rings. The zero-order valence-electron chi connectivity index (χ0n) is 15.5. The first kappa shape index (κ1) is 21.1. The number of carbonyl (C=O) groups is 2. The van der Waals surface area contributed by atoms with Crippen LogP contribution in [0.4, 0.5) is 4.79 Å². The molecule has 2 aliphatic heterocycles. The Morgan fingerprint density at radius 3 is 2.38 bits per heavy atom. The summed E-state index contributed by atoms with van der Waals surface area (Å²) >= 11 is 0. The monoisotopic (exact) mass is 360 g/mol. The molecule has 0 bridgehead atoms. The smallest absolute Gasteiger partial charge is 0.410 e. The molecule has 140 valence electrons. The van der Waals surface area contributed by atoms with Gasteiger partial charge in [-0.2, -0.15) is 13.5 Å². The van der Waals surface area contributed by atoms with E-state index in [2.05, 4.69) is 0 Å². The Bertz CT molecular complexity index is 444. The van der Waals surface area contributed by atoms with Crippen LogP contribution in [0.25, 0.3) is 0 Å². The summed E-state index contributed by atoms with van der Waals surface area (Å²) in [5.74, 6) is 0.466. The number of hydrogen-bond donors (Lipinski definition) is 0. The molecule has 2 amide bonds. The Morgan fingerprint density at radius 1 is 1.29 bits per heavy atom. The van der Waals surface area contributed by atoms with Crippen molar-refractivity contribution >= 4 is 25.5 Å². The minimum Gasteiger partial charge on any atom is -0.444 e. The van der Waals surface area contributed by atoms with Crippen molar-refractivity contribution in [3.05, 3.63) is 0 Å². The first-order valence-electron chi connectivity index (χ1n) is 8.63. The predicted molar refractivity (Wildman–Crippen MR) is 97.5 cm³/mol. The van der Waals surface area contributed by atoms with E-state index in [1.165, 1.54) is 0 Å². The molecule has 7 heteroatoms.